The van der Waals surface area contributed by atoms with Crippen LogP contribution in [0.3, 0.4) is 0 Å². The second kappa shape index (κ2) is 7.61. The van der Waals surface area contributed by atoms with Crippen molar-refractivity contribution in [3.8, 4) is 0 Å². The van der Waals surface area contributed by atoms with E-state index >= 15 is 0 Å². The smallest absolute Gasteiger partial charge is 0.0728 e. The number of nitrogens with zero attached hydrogens (tertiary/aromatic N) is 1. The van der Waals surface area contributed by atoms with E-state index in [-0.39, 0.29) is 5.92 Å². The lowest BCUT2D eigenvalue weighted by atomic mass is 9.72. The Hall–Kier alpha value is -1.16. The molecule has 1 aromatic carbocycles. The Morgan fingerprint density at radius 2 is 1.96 bits per heavy atom. The van der Waals surface area contributed by atoms with Crippen LogP contribution in [-0.4, -0.2) is 48.3 Å². The normalized spacial score (nSPS) is 23.3. The molecule has 1 saturated heterocycles. The molecule has 1 atom stereocenters. The SMILES string of the molecule is C=Cc1cccc(C(CN2CCNCC2)C2(O)CCCCC2)c1. The second-order valence-electron chi connectivity index (χ2n) is 7.14. The van der Waals surface area contributed by atoms with Crippen molar-refractivity contribution in [1.82, 2.24) is 10.2 Å². The van der Waals surface area contributed by atoms with Crippen LogP contribution in [-0.2, 0) is 0 Å². The van der Waals surface area contributed by atoms with E-state index in [1.807, 2.05) is 6.08 Å². The van der Waals surface area contributed by atoms with Gasteiger partial charge < -0.3 is 15.3 Å². The maximum Gasteiger partial charge on any atom is 0.0728 e. The van der Waals surface area contributed by atoms with E-state index in [9.17, 15) is 5.11 Å². The number of benzene rings is 1. The predicted octanol–water partition coefficient (Wildman–Crippen LogP) is 3.01. The van der Waals surface area contributed by atoms with Gasteiger partial charge in [-0.2, -0.15) is 0 Å². The summed E-state index contributed by atoms with van der Waals surface area (Å²) < 4.78 is 0. The van der Waals surface area contributed by atoms with Gasteiger partial charge in [0, 0.05) is 38.6 Å². The van der Waals surface area contributed by atoms with Crippen molar-refractivity contribution in [2.75, 3.05) is 32.7 Å². The third-order valence-corrected chi connectivity index (χ3v) is 5.57. The highest BCUT2D eigenvalue weighted by atomic mass is 16.3. The molecule has 1 saturated carbocycles. The zero-order valence-electron chi connectivity index (χ0n) is 14.1. The molecule has 0 aromatic heterocycles. The van der Waals surface area contributed by atoms with Crippen LogP contribution < -0.4 is 5.32 Å². The molecule has 0 bridgehead atoms. The monoisotopic (exact) mass is 314 g/mol. The number of piperazine rings is 1. The summed E-state index contributed by atoms with van der Waals surface area (Å²) >= 11 is 0. The summed E-state index contributed by atoms with van der Waals surface area (Å²) in [6.45, 7) is 9.11. The number of aliphatic hydroxyl groups is 1. The maximum absolute atomic E-state index is 11.4. The number of rotatable bonds is 5. The van der Waals surface area contributed by atoms with Crippen LogP contribution in [0, 0.1) is 0 Å². The molecule has 3 nitrogen and oxygen atoms in total. The maximum atomic E-state index is 11.4. The molecule has 0 radical (unpaired) electrons. The molecule has 3 rings (SSSR count). The van der Waals surface area contributed by atoms with E-state index < -0.39 is 5.60 Å². The van der Waals surface area contributed by atoms with Gasteiger partial charge in [-0.3, -0.25) is 0 Å². The van der Waals surface area contributed by atoms with Crippen LogP contribution in [0.25, 0.3) is 6.08 Å². The van der Waals surface area contributed by atoms with Gasteiger partial charge in [0.05, 0.1) is 5.60 Å². The molecule has 0 spiro atoms. The molecule has 1 heterocycles. The summed E-state index contributed by atoms with van der Waals surface area (Å²) in [5.41, 5.74) is 1.86. The fraction of sp³-hybridized carbons (Fsp3) is 0.600. The fourth-order valence-electron chi connectivity index (χ4n) is 4.15. The van der Waals surface area contributed by atoms with Gasteiger partial charge in [-0.25, -0.2) is 0 Å². The molecule has 126 valence electrons. The number of nitrogens with one attached hydrogen (secondary N) is 1. The van der Waals surface area contributed by atoms with Gasteiger partial charge in [0.1, 0.15) is 0 Å². The Labute approximate surface area is 140 Å². The second-order valence-corrected chi connectivity index (χ2v) is 7.14. The van der Waals surface area contributed by atoms with Crippen LogP contribution in [0.4, 0.5) is 0 Å². The molecule has 1 aromatic rings. The average molecular weight is 314 g/mol. The average Bonchev–Trinajstić information content (AvgIpc) is 2.61. The quantitative estimate of drug-likeness (QED) is 0.877. The lowest BCUT2D eigenvalue weighted by Gasteiger charge is -2.42. The third kappa shape index (κ3) is 4.03. The van der Waals surface area contributed by atoms with Crippen molar-refractivity contribution in [1.29, 1.82) is 0 Å². The first-order valence-electron chi connectivity index (χ1n) is 9.09. The minimum Gasteiger partial charge on any atom is -0.389 e. The van der Waals surface area contributed by atoms with Gasteiger partial charge in [-0.15, -0.1) is 0 Å². The van der Waals surface area contributed by atoms with E-state index in [1.165, 1.54) is 12.0 Å². The van der Waals surface area contributed by atoms with E-state index in [1.54, 1.807) is 0 Å². The molecule has 2 aliphatic rings. The predicted molar refractivity (Wildman–Crippen MR) is 96.6 cm³/mol. The van der Waals surface area contributed by atoms with Crippen molar-refractivity contribution in [3.05, 3.63) is 42.0 Å². The molecule has 1 aliphatic carbocycles. The van der Waals surface area contributed by atoms with Crippen molar-refractivity contribution < 1.29 is 5.11 Å². The number of hydrogen-bond donors (Lipinski definition) is 2. The van der Waals surface area contributed by atoms with Gasteiger partial charge in [0.15, 0.2) is 0 Å². The minimum absolute atomic E-state index is 0.195. The minimum atomic E-state index is -0.553. The van der Waals surface area contributed by atoms with Crippen molar-refractivity contribution >= 4 is 6.08 Å². The van der Waals surface area contributed by atoms with Gasteiger partial charge in [0.2, 0.25) is 0 Å². The van der Waals surface area contributed by atoms with Crippen LogP contribution >= 0.6 is 0 Å². The molecule has 1 unspecified atom stereocenters. The molecule has 2 N–H and O–H groups in total. The summed E-state index contributed by atoms with van der Waals surface area (Å²) in [5, 5.41) is 14.8. The molecule has 23 heavy (non-hydrogen) atoms. The lowest BCUT2D eigenvalue weighted by molar-refractivity contribution is -0.0316. The summed E-state index contributed by atoms with van der Waals surface area (Å²) in [4.78, 5) is 2.51. The fourth-order valence-corrected chi connectivity index (χ4v) is 4.15. The van der Waals surface area contributed by atoms with Crippen LogP contribution in [0.5, 0.6) is 0 Å². The van der Waals surface area contributed by atoms with E-state index in [0.29, 0.717) is 0 Å². The zero-order valence-corrected chi connectivity index (χ0v) is 14.1. The first-order chi connectivity index (χ1) is 11.2. The Balaban J connectivity index is 1.86. The summed E-state index contributed by atoms with van der Waals surface area (Å²) in [6.07, 6.45) is 7.32. The van der Waals surface area contributed by atoms with Crippen molar-refractivity contribution in [2.45, 2.75) is 43.6 Å². The van der Waals surface area contributed by atoms with Crippen LogP contribution in [0.1, 0.15) is 49.1 Å². The van der Waals surface area contributed by atoms with E-state index in [4.69, 9.17) is 0 Å². The highest BCUT2D eigenvalue weighted by molar-refractivity contribution is 5.48. The molecule has 1 aliphatic heterocycles. The summed E-state index contributed by atoms with van der Waals surface area (Å²) in [7, 11) is 0. The molecular weight excluding hydrogens is 284 g/mol. The van der Waals surface area contributed by atoms with Crippen molar-refractivity contribution in [2.24, 2.45) is 0 Å². The Bertz CT molecular complexity index is 516. The standard InChI is InChI=1S/C20H30N2O/c1-2-17-7-6-8-18(15-17)19(16-22-13-11-21-12-14-22)20(23)9-4-3-5-10-20/h2,6-8,15,19,21,23H,1,3-5,9-14,16H2. The van der Waals surface area contributed by atoms with E-state index in [2.05, 4.69) is 41.1 Å². The first-order valence-corrected chi connectivity index (χ1v) is 9.09. The van der Waals surface area contributed by atoms with Gasteiger partial charge in [0.25, 0.3) is 0 Å². The van der Waals surface area contributed by atoms with Crippen molar-refractivity contribution in [3.63, 3.8) is 0 Å². The largest absolute Gasteiger partial charge is 0.389 e. The highest BCUT2D eigenvalue weighted by Gasteiger charge is 2.39. The lowest BCUT2D eigenvalue weighted by Crippen LogP contribution is -2.49. The first kappa shape index (κ1) is 16.7. The summed E-state index contributed by atoms with van der Waals surface area (Å²) in [6, 6.07) is 8.59. The van der Waals surface area contributed by atoms with Gasteiger partial charge in [-0.1, -0.05) is 56.2 Å². The topological polar surface area (TPSA) is 35.5 Å². The molecule has 2 fully saturated rings. The number of hydrogen-bond acceptors (Lipinski definition) is 3. The Kier molecular flexibility index (Phi) is 5.52. The van der Waals surface area contributed by atoms with Crippen LogP contribution in [0.15, 0.2) is 30.8 Å². The molecular formula is C20H30N2O. The molecule has 0 amide bonds. The zero-order chi connectivity index (χ0) is 16.1. The van der Waals surface area contributed by atoms with Gasteiger partial charge >= 0.3 is 0 Å². The molecule has 3 heteroatoms. The Morgan fingerprint density at radius 1 is 1.22 bits per heavy atom. The van der Waals surface area contributed by atoms with E-state index in [0.717, 1.165) is 64.0 Å². The van der Waals surface area contributed by atoms with Gasteiger partial charge in [-0.05, 0) is 24.0 Å². The van der Waals surface area contributed by atoms with Crippen LogP contribution in [0.2, 0.25) is 0 Å². The Morgan fingerprint density at radius 3 is 2.65 bits per heavy atom. The summed E-state index contributed by atoms with van der Waals surface area (Å²) in [5.74, 6) is 0.195. The third-order valence-electron chi connectivity index (χ3n) is 5.57. The highest BCUT2D eigenvalue weighted by Crippen LogP contribution is 2.40.